The van der Waals surface area contributed by atoms with Gasteiger partial charge in [0.05, 0.1) is 12.2 Å². The highest BCUT2D eigenvalue weighted by Gasteiger charge is 2.21. The van der Waals surface area contributed by atoms with Gasteiger partial charge in [-0.05, 0) is 54.1 Å². The summed E-state index contributed by atoms with van der Waals surface area (Å²) in [7, 11) is 0. The van der Waals surface area contributed by atoms with E-state index in [9.17, 15) is 9.59 Å². The number of likely N-dealkylation sites (N-methyl/N-ethyl adjacent to an activating group) is 1. The summed E-state index contributed by atoms with van der Waals surface area (Å²) in [5, 5.41) is 3.29. The molecule has 0 bridgehead atoms. The van der Waals surface area contributed by atoms with Crippen LogP contribution in [0.25, 0.3) is 0 Å². The van der Waals surface area contributed by atoms with Crippen LogP contribution in [0.2, 0.25) is 0 Å². The van der Waals surface area contributed by atoms with Crippen molar-refractivity contribution >= 4 is 17.5 Å². The lowest BCUT2D eigenvalue weighted by molar-refractivity contribution is 0.0233. The molecule has 0 aliphatic carbocycles. The van der Waals surface area contributed by atoms with Crippen molar-refractivity contribution in [2.45, 2.75) is 20.1 Å². The van der Waals surface area contributed by atoms with E-state index < -0.39 is 0 Å². The molecular weight excluding hydrogens is 442 g/mol. The van der Waals surface area contributed by atoms with Crippen LogP contribution in [0, 0.1) is 0 Å². The van der Waals surface area contributed by atoms with Crippen LogP contribution in [0.5, 0.6) is 0 Å². The van der Waals surface area contributed by atoms with Gasteiger partial charge in [0.15, 0.2) is 0 Å². The Bertz CT molecular complexity index is 1130. The topological polar surface area (TPSA) is 86.8 Å². The molecular formula is C27H31N5O3. The van der Waals surface area contributed by atoms with Crippen molar-refractivity contribution in [2.24, 2.45) is 0 Å². The van der Waals surface area contributed by atoms with Crippen molar-refractivity contribution in [3.63, 3.8) is 0 Å². The number of anilines is 1. The van der Waals surface area contributed by atoms with Gasteiger partial charge in [-0.1, -0.05) is 31.2 Å². The second-order valence-corrected chi connectivity index (χ2v) is 8.40. The first-order valence-corrected chi connectivity index (χ1v) is 11.9. The van der Waals surface area contributed by atoms with Gasteiger partial charge in [0.1, 0.15) is 0 Å². The number of hydrogen-bond donors (Lipinski definition) is 2. The van der Waals surface area contributed by atoms with E-state index in [0.717, 1.165) is 43.9 Å². The molecule has 1 fully saturated rings. The number of nitrogens with zero attached hydrogens (tertiary/aromatic N) is 3. The number of carbonyl (C=O) groups is 2. The number of para-hydroxylation sites is 1. The lowest BCUT2D eigenvalue weighted by atomic mass is 10.1. The Labute approximate surface area is 205 Å². The molecule has 2 heterocycles. The van der Waals surface area contributed by atoms with Gasteiger partial charge < -0.3 is 15.1 Å². The smallest absolute Gasteiger partial charge is 0.276 e. The first kappa shape index (κ1) is 24.4. The highest BCUT2D eigenvalue weighted by atomic mass is 16.6. The number of carbonyl (C=O) groups excluding carboxylic acids is 2. The molecule has 1 aromatic heterocycles. The van der Waals surface area contributed by atoms with Crippen LogP contribution in [-0.4, -0.2) is 59.3 Å². The lowest BCUT2D eigenvalue weighted by Gasteiger charge is -2.34. The van der Waals surface area contributed by atoms with E-state index in [2.05, 4.69) is 27.6 Å². The number of hydrogen-bond acceptors (Lipinski definition) is 6. The number of aromatic nitrogens is 1. The Morgan fingerprint density at radius 2 is 1.71 bits per heavy atom. The van der Waals surface area contributed by atoms with Crippen molar-refractivity contribution in [3.05, 3.63) is 95.3 Å². The average Bonchev–Trinajstić information content (AvgIpc) is 2.92. The molecule has 8 heteroatoms. The lowest BCUT2D eigenvalue weighted by Crippen LogP contribution is -2.48. The van der Waals surface area contributed by atoms with Gasteiger partial charge >= 0.3 is 0 Å². The van der Waals surface area contributed by atoms with Crippen LogP contribution in [0.15, 0.2) is 73.1 Å². The maximum absolute atomic E-state index is 12.9. The second-order valence-electron chi connectivity index (χ2n) is 8.40. The molecule has 2 aromatic carbocycles. The molecule has 0 radical (unpaired) electrons. The second kappa shape index (κ2) is 12.1. The molecule has 1 aliphatic rings. The monoisotopic (exact) mass is 473 g/mol. The van der Waals surface area contributed by atoms with Gasteiger partial charge in [0, 0.05) is 56.4 Å². The van der Waals surface area contributed by atoms with Crippen molar-refractivity contribution < 1.29 is 14.4 Å². The fourth-order valence-corrected chi connectivity index (χ4v) is 4.02. The predicted octanol–water partition coefficient (Wildman–Crippen LogP) is 3.33. The SMILES string of the molecule is CCN1CCN(C(=O)c2cccc(CONC(=O)c3ccccc3NCc3ccncc3)c2)CC1. The van der Waals surface area contributed by atoms with Crippen molar-refractivity contribution in [1.29, 1.82) is 0 Å². The summed E-state index contributed by atoms with van der Waals surface area (Å²) < 4.78 is 0. The molecule has 1 saturated heterocycles. The molecule has 0 saturated carbocycles. The maximum atomic E-state index is 12.9. The minimum Gasteiger partial charge on any atom is -0.380 e. The molecule has 0 spiro atoms. The molecule has 2 amide bonds. The average molecular weight is 474 g/mol. The third kappa shape index (κ3) is 6.65. The highest BCUT2D eigenvalue weighted by molar-refractivity contribution is 5.99. The zero-order valence-electron chi connectivity index (χ0n) is 19.9. The maximum Gasteiger partial charge on any atom is 0.276 e. The summed E-state index contributed by atoms with van der Waals surface area (Å²) in [5.74, 6) is -0.315. The number of piperazine rings is 1. The number of rotatable bonds is 9. The fraction of sp³-hybridized carbons (Fsp3) is 0.296. The Balaban J connectivity index is 1.30. The molecule has 8 nitrogen and oxygen atoms in total. The van der Waals surface area contributed by atoms with Crippen molar-refractivity contribution in [3.8, 4) is 0 Å². The predicted molar refractivity (Wildman–Crippen MR) is 135 cm³/mol. The first-order valence-electron chi connectivity index (χ1n) is 11.9. The normalized spacial score (nSPS) is 13.9. The summed E-state index contributed by atoms with van der Waals surface area (Å²) in [6, 6.07) is 18.5. The summed E-state index contributed by atoms with van der Waals surface area (Å²) in [6.45, 7) is 7.14. The number of pyridine rings is 1. The van der Waals surface area contributed by atoms with Crippen LogP contribution in [-0.2, 0) is 18.0 Å². The fourth-order valence-electron chi connectivity index (χ4n) is 4.02. The van der Waals surface area contributed by atoms with E-state index in [1.54, 1.807) is 18.5 Å². The molecule has 0 unspecified atom stereocenters. The summed E-state index contributed by atoms with van der Waals surface area (Å²) >= 11 is 0. The van der Waals surface area contributed by atoms with E-state index in [0.29, 0.717) is 23.4 Å². The Morgan fingerprint density at radius 1 is 0.943 bits per heavy atom. The number of hydroxylamine groups is 1. The van der Waals surface area contributed by atoms with Crippen molar-refractivity contribution in [2.75, 3.05) is 38.0 Å². The Morgan fingerprint density at radius 3 is 2.49 bits per heavy atom. The Hall–Kier alpha value is -3.75. The Kier molecular flexibility index (Phi) is 8.43. The summed E-state index contributed by atoms with van der Waals surface area (Å²) in [5.41, 5.74) is 6.22. The van der Waals surface area contributed by atoms with Crippen LogP contribution in [0.1, 0.15) is 38.8 Å². The van der Waals surface area contributed by atoms with E-state index >= 15 is 0 Å². The summed E-state index contributed by atoms with van der Waals surface area (Å²) in [6.07, 6.45) is 3.47. The standard InChI is InChI=1S/C27H31N5O3/c1-2-31-14-16-32(17-15-31)27(34)23-7-5-6-22(18-23)20-35-30-26(33)24-8-3-4-9-25(24)29-19-21-10-12-28-13-11-21/h3-13,18,29H,2,14-17,19-20H2,1H3,(H,30,33). The molecule has 3 aromatic rings. The highest BCUT2D eigenvalue weighted by Crippen LogP contribution is 2.17. The summed E-state index contributed by atoms with van der Waals surface area (Å²) in [4.78, 5) is 39.4. The van der Waals surface area contributed by atoms with E-state index in [1.807, 2.05) is 59.5 Å². The quantitative estimate of drug-likeness (QED) is 0.464. The van der Waals surface area contributed by atoms with Crippen LogP contribution in [0.3, 0.4) is 0 Å². The molecule has 2 N–H and O–H groups in total. The number of benzene rings is 2. The zero-order valence-corrected chi connectivity index (χ0v) is 19.9. The largest absolute Gasteiger partial charge is 0.380 e. The van der Waals surface area contributed by atoms with E-state index in [4.69, 9.17) is 4.84 Å². The van der Waals surface area contributed by atoms with Gasteiger partial charge in [-0.2, -0.15) is 0 Å². The van der Waals surface area contributed by atoms with Crippen LogP contribution in [0.4, 0.5) is 5.69 Å². The third-order valence-corrected chi connectivity index (χ3v) is 6.09. The molecule has 4 rings (SSSR count). The van der Waals surface area contributed by atoms with Gasteiger partial charge in [-0.25, -0.2) is 5.48 Å². The van der Waals surface area contributed by atoms with E-state index in [1.165, 1.54) is 0 Å². The van der Waals surface area contributed by atoms with Gasteiger partial charge in [-0.15, -0.1) is 0 Å². The third-order valence-electron chi connectivity index (χ3n) is 6.09. The number of nitrogens with one attached hydrogen (secondary N) is 2. The van der Waals surface area contributed by atoms with Crippen LogP contribution < -0.4 is 10.8 Å². The van der Waals surface area contributed by atoms with Gasteiger partial charge in [-0.3, -0.25) is 19.4 Å². The molecule has 1 aliphatic heterocycles. The molecule has 35 heavy (non-hydrogen) atoms. The first-order chi connectivity index (χ1) is 17.1. The zero-order chi connectivity index (χ0) is 24.5. The minimum atomic E-state index is -0.344. The number of amides is 2. The molecule has 0 atom stereocenters. The van der Waals surface area contributed by atoms with Gasteiger partial charge in [0.2, 0.25) is 0 Å². The minimum absolute atomic E-state index is 0.0286. The molecule has 182 valence electrons. The van der Waals surface area contributed by atoms with E-state index in [-0.39, 0.29) is 18.4 Å². The van der Waals surface area contributed by atoms with Crippen molar-refractivity contribution in [1.82, 2.24) is 20.3 Å². The van der Waals surface area contributed by atoms with Gasteiger partial charge in [0.25, 0.3) is 11.8 Å². The van der Waals surface area contributed by atoms with Crippen LogP contribution >= 0.6 is 0 Å².